The lowest BCUT2D eigenvalue weighted by molar-refractivity contribution is 0.0897. The quantitative estimate of drug-likeness (QED) is 0.499. The summed E-state index contributed by atoms with van der Waals surface area (Å²) in [6.07, 6.45) is 22.1. The molecule has 2 saturated heterocycles. The second-order valence-corrected chi connectivity index (χ2v) is 8.75. The van der Waals surface area contributed by atoms with Gasteiger partial charge < -0.3 is 9.84 Å². The SMILES string of the molecule is OC(/C=C/[C@@H]1[C@@H](C/C=C\CCCc2nnn[nH]2)[C@@H]2CC[C@H]1O2)C1CCCCC1. The Balaban J connectivity index is 1.24. The third kappa shape index (κ3) is 4.90. The average Bonchev–Trinajstić information content (AvgIpc) is 3.47. The third-order valence-electron chi connectivity index (χ3n) is 6.90. The molecule has 1 aromatic rings. The van der Waals surface area contributed by atoms with E-state index in [0.717, 1.165) is 31.5 Å². The molecule has 3 aliphatic rings. The molecular formula is C22H34N4O2. The van der Waals surface area contributed by atoms with E-state index in [1.165, 1.54) is 44.9 Å². The standard InChI is InChI=1S/C22H34N4O2/c27-19(16-8-4-3-5-9-16)13-12-18-17(20-14-15-21(18)28-20)10-6-1-2-7-11-22-23-25-26-24-22/h1,6,12-13,16-21,27H,2-5,7-11,14-15H2,(H,23,24,25,26)/b6-1-,13-12+/t17-,18-,19?,20+,21-/m1/s1. The fourth-order valence-electron chi connectivity index (χ4n) is 5.30. The molecule has 2 N–H and O–H groups in total. The number of aromatic nitrogens is 4. The van der Waals surface area contributed by atoms with Crippen LogP contribution in [0.1, 0.15) is 70.0 Å². The molecular weight excluding hydrogens is 352 g/mol. The molecule has 6 nitrogen and oxygen atoms in total. The number of aliphatic hydroxyl groups excluding tert-OH is 1. The highest BCUT2D eigenvalue weighted by Crippen LogP contribution is 2.46. The van der Waals surface area contributed by atoms with Crippen molar-refractivity contribution in [2.24, 2.45) is 17.8 Å². The number of aliphatic hydroxyl groups is 1. The predicted molar refractivity (Wildman–Crippen MR) is 107 cm³/mol. The number of fused-ring (bicyclic) bond motifs is 2. The van der Waals surface area contributed by atoms with Crippen LogP contribution in [0.2, 0.25) is 0 Å². The van der Waals surface area contributed by atoms with Crippen LogP contribution >= 0.6 is 0 Å². The molecule has 3 heterocycles. The van der Waals surface area contributed by atoms with Crippen molar-refractivity contribution in [3.05, 3.63) is 30.1 Å². The molecule has 2 aliphatic heterocycles. The molecule has 0 spiro atoms. The summed E-state index contributed by atoms with van der Waals surface area (Å²) in [5.41, 5.74) is 0. The van der Waals surface area contributed by atoms with Crippen molar-refractivity contribution in [1.82, 2.24) is 20.6 Å². The van der Waals surface area contributed by atoms with Gasteiger partial charge in [0.1, 0.15) is 5.82 Å². The summed E-state index contributed by atoms with van der Waals surface area (Å²) in [6.45, 7) is 0. The number of tetrazole rings is 1. The van der Waals surface area contributed by atoms with E-state index in [-0.39, 0.29) is 6.10 Å². The Morgan fingerprint density at radius 1 is 1.11 bits per heavy atom. The first-order chi connectivity index (χ1) is 13.8. The molecule has 3 fully saturated rings. The first-order valence-electron chi connectivity index (χ1n) is 11.2. The van der Waals surface area contributed by atoms with Crippen molar-refractivity contribution in [3.8, 4) is 0 Å². The van der Waals surface area contributed by atoms with E-state index in [4.69, 9.17) is 4.74 Å². The van der Waals surface area contributed by atoms with Crippen LogP contribution in [-0.4, -0.2) is 44.0 Å². The van der Waals surface area contributed by atoms with Crippen LogP contribution in [0.25, 0.3) is 0 Å². The Morgan fingerprint density at radius 2 is 1.96 bits per heavy atom. The molecule has 0 aromatic carbocycles. The lowest BCUT2D eigenvalue weighted by Gasteiger charge is -2.27. The van der Waals surface area contributed by atoms with Gasteiger partial charge in [0.05, 0.1) is 18.3 Å². The highest BCUT2D eigenvalue weighted by Gasteiger charge is 2.46. The molecule has 1 saturated carbocycles. The topological polar surface area (TPSA) is 83.9 Å². The Morgan fingerprint density at radius 3 is 2.79 bits per heavy atom. The smallest absolute Gasteiger partial charge is 0.148 e. The molecule has 4 rings (SSSR count). The molecule has 5 atom stereocenters. The summed E-state index contributed by atoms with van der Waals surface area (Å²) >= 11 is 0. The summed E-state index contributed by atoms with van der Waals surface area (Å²) in [4.78, 5) is 0. The zero-order chi connectivity index (χ0) is 19.2. The van der Waals surface area contributed by atoms with Crippen LogP contribution in [0.5, 0.6) is 0 Å². The molecule has 28 heavy (non-hydrogen) atoms. The first-order valence-corrected chi connectivity index (χ1v) is 11.2. The van der Waals surface area contributed by atoms with Gasteiger partial charge in [-0.15, -0.1) is 5.10 Å². The van der Waals surface area contributed by atoms with Crippen molar-refractivity contribution in [2.75, 3.05) is 0 Å². The van der Waals surface area contributed by atoms with E-state index in [9.17, 15) is 5.11 Å². The zero-order valence-corrected chi connectivity index (χ0v) is 16.7. The van der Waals surface area contributed by atoms with Crippen molar-refractivity contribution in [2.45, 2.75) is 88.9 Å². The highest BCUT2D eigenvalue weighted by molar-refractivity contribution is 5.09. The van der Waals surface area contributed by atoms with Gasteiger partial charge in [-0.2, -0.15) is 0 Å². The zero-order valence-electron chi connectivity index (χ0n) is 16.7. The summed E-state index contributed by atoms with van der Waals surface area (Å²) in [5, 5.41) is 24.5. The fourth-order valence-corrected chi connectivity index (χ4v) is 5.30. The summed E-state index contributed by atoms with van der Waals surface area (Å²) in [5.74, 6) is 2.34. The lowest BCUT2D eigenvalue weighted by Crippen LogP contribution is -2.26. The van der Waals surface area contributed by atoms with E-state index in [2.05, 4.69) is 44.9 Å². The molecule has 0 amide bonds. The Hall–Kier alpha value is -1.53. The van der Waals surface area contributed by atoms with Crippen molar-refractivity contribution in [1.29, 1.82) is 0 Å². The summed E-state index contributed by atoms with van der Waals surface area (Å²) in [6, 6.07) is 0. The summed E-state index contributed by atoms with van der Waals surface area (Å²) < 4.78 is 6.21. The van der Waals surface area contributed by atoms with Crippen LogP contribution in [0.15, 0.2) is 24.3 Å². The second kappa shape index (κ2) is 9.79. The largest absolute Gasteiger partial charge is 0.389 e. The van der Waals surface area contributed by atoms with Gasteiger partial charge in [-0.3, -0.25) is 0 Å². The Kier molecular flexibility index (Phi) is 6.91. The van der Waals surface area contributed by atoms with Crippen LogP contribution in [0.3, 0.4) is 0 Å². The minimum atomic E-state index is -0.277. The van der Waals surface area contributed by atoms with Crippen LogP contribution in [-0.2, 0) is 11.2 Å². The number of hydrogen-bond acceptors (Lipinski definition) is 5. The number of aromatic amines is 1. The van der Waals surface area contributed by atoms with E-state index in [1.54, 1.807) is 0 Å². The average molecular weight is 387 g/mol. The monoisotopic (exact) mass is 386 g/mol. The maximum Gasteiger partial charge on any atom is 0.148 e. The Labute approximate surface area is 167 Å². The number of nitrogens with one attached hydrogen (secondary N) is 1. The number of ether oxygens (including phenoxy) is 1. The van der Waals surface area contributed by atoms with E-state index < -0.39 is 0 Å². The van der Waals surface area contributed by atoms with Crippen LogP contribution in [0, 0.1) is 17.8 Å². The first kappa shape index (κ1) is 19.8. The number of nitrogens with zero attached hydrogens (tertiary/aromatic N) is 3. The third-order valence-corrected chi connectivity index (χ3v) is 6.90. The van der Waals surface area contributed by atoms with Gasteiger partial charge in [0.2, 0.25) is 0 Å². The van der Waals surface area contributed by atoms with Gasteiger partial charge in [-0.05, 0) is 67.2 Å². The van der Waals surface area contributed by atoms with Gasteiger partial charge >= 0.3 is 0 Å². The van der Waals surface area contributed by atoms with E-state index in [0.29, 0.717) is 30.0 Å². The van der Waals surface area contributed by atoms with Gasteiger partial charge in [0, 0.05) is 12.3 Å². The predicted octanol–water partition coefficient (Wildman–Crippen LogP) is 3.76. The lowest BCUT2D eigenvalue weighted by atomic mass is 9.76. The minimum absolute atomic E-state index is 0.277. The summed E-state index contributed by atoms with van der Waals surface area (Å²) in [7, 11) is 0. The van der Waals surface area contributed by atoms with E-state index in [1.807, 2.05) is 0 Å². The van der Waals surface area contributed by atoms with Gasteiger partial charge in [-0.1, -0.05) is 43.6 Å². The highest BCUT2D eigenvalue weighted by atomic mass is 16.5. The molecule has 1 aromatic heterocycles. The van der Waals surface area contributed by atoms with Gasteiger partial charge in [0.25, 0.3) is 0 Å². The van der Waals surface area contributed by atoms with Crippen molar-refractivity contribution >= 4 is 0 Å². The van der Waals surface area contributed by atoms with Crippen LogP contribution < -0.4 is 0 Å². The van der Waals surface area contributed by atoms with Gasteiger partial charge in [0.15, 0.2) is 0 Å². The molecule has 1 unspecified atom stereocenters. The number of H-pyrrole nitrogens is 1. The van der Waals surface area contributed by atoms with Gasteiger partial charge in [-0.25, -0.2) is 5.10 Å². The van der Waals surface area contributed by atoms with Crippen molar-refractivity contribution in [3.63, 3.8) is 0 Å². The maximum atomic E-state index is 10.6. The molecule has 154 valence electrons. The molecule has 6 heteroatoms. The van der Waals surface area contributed by atoms with Crippen molar-refractivity contribution < 1.29 is 9.84 Å². The normalized spacial score (nSPS) is 32.0. The maximum absolute atomic E-state index is 10.6. The molecule has 2 bridgehead atoms. The number of unbranched alkanes of at least 4 members (excludes halogenated alkanes) is 1. The second-order valence-electron chi connectivity index (χ2n) is 8.75. The van der Waals surface area contributed by atoms with Crippen LogP contribution in [0.4, 0.5) is 0 Å². The molecule has 1 aliphatic carbocycles. The Bertz CT molecular complexity index is 639. The number of hydrogen-bond donors (Lipinski definition) is 2. The molecule has 0 radical (unpaired) electrons. The fraction of sp³-hybridized carbons (Fsp3) is 0.773. The number of rotatable bonds is 9. The minimum Gasteiger partial charge on any atom is -0.389 e. The number of allylic oxidation sites excluding steroid dienone is 2. The van der Waals surface area contributed by atoms with E-state index >= 15 is 0 Å². The number of aryl methyl sites for hydroxylation is 1.